The number of nitrogens with zero attached hydrogens (tertiary/aromatic N) is 3. The van der Waals surface area contributed by atoms with Crippen LogP contribution in [0.5, 0.6) is 0 Å². The predicted molar refractivity (Wildman–Crippen MR) is 137 cm³/mol. The Morgan fingerprint density at radius 1 is 1.26 bits per heavy atom. The summed E-state index contributed by atoms with van der Waals surface area (Å²) in [6.07, 6.45) is 5.84. The molecule has 2 aliphatic rings. The fraction of sp³-hybridized carbons (Fsp3) is 0.667. The highest BCUT2D eigenvalue weighted by molar-refractivity contribution is 14.0. The van der Waals surface area contributed by atoms with Crippen molar-refractivity contribution in [2.45, 2.75) is 52.0 Å². The van der Waals surface area contributed by atoms with Gasteiger partial charge in [-0.2, -0.15) is 0 Å². The van der Waals surface area contributed by atoms with E-state index in [1.165, 1.54) is 30.4 Å². The Morgan fingerprint density at radius 2 is 2.00 bits per heavy atom. The van der Waals surface area contributed by atoms with Gasteiger partial charge in [0, 0.05) is 59.4 Å². The predicted octanol–water partition coefficient (Wildman–Crippen LogP) is 3.68. The third kappa shape index (κ3) is 8.25. The van der Waals surface area contributed by atoms with E-state index in [1.54, 1.807) is 0 Å². The number of amides is 1. The highest BCUT2D eigenvalue weighted by Gasteiger charge is 2.20. The van der Waals surface area contributed by atoms with Gasteiger partial charge in [-0.3, -0.25) is 9.79 Å². The van der Waals surface area contributed by atoms with Gasteiger partial charge < -0.3 is 19.9 Å². The average Bonchev–Trinajstić information content (AvgIpc) is 2.79. The molecule has 1 amide bonds. The SMILES string of the molecule is CCNC(=NCCCC(=O)N1CCc2ccccc2C1)N(C)CCC1CCOCC1.I. The van der Waals surface area contributed by atoms with Crippen LogP contribution < -0.4 is 5.32 Å². The van der Waals surface area contributed by atoms with Crippen molar-refractivity contribution in [1.82, 2.24) is 15.1 Å². The third-order valence-electron chi connectivity index (χ3n) is 6.20. The van der Waals surface area contributed by atoms with Gasteiger partial charge in [0.15, 0.2) is 5.96 Å². The summed E-state index contributed by atoms with van der Waals surface area (Å²) in [4.78, 5) is 21.6. The smallest absolute Gasteiger partial charge is 0.222 e. The van der Waals surface area contributed by atoms with Crippen LogP contribution in [0.25, 0.3) is 0 Å². The van der Waals surface area contributed by atoms with Crippen molar-refractivity contribution in [3.05, 3.63) is 35.4 Å². The zero-order valence-corrected chi connectivity index (χ0v) is 21.5. The van der Waals surface area contributed by atoms with Gasteiger partial charge in [-0.15, -0.1) is 24.0 Å². The molecule has 1 saturated heterocycles. The second-order valence-corrected chi connectivity index (χ2v) is 8.44. The van der Waals surface area contributed by atoms with Crippen LogP contribution in [0.1, 0.15) is 50.2 Å². The molecule has 1 aromatic rings. The summed E-state index contributed by atoms with van der Waals surface area (Å²) in [5.41, 5.74) is 2.67. The Balaban J connectivity index is 0.00000341. The molecule has 0 saturated carbocycles. The summed E-state index contributed by atoms with van der Waals surface area (Å²) < 4.78 is 5.46. The van der Waals surface area contributed by atoms with Crippen molar-refractivity contribution in [3.63, 3.8) is 0 Å². The molecule has 31 heavy (non-hydrogen) atoms. The number of fused-ring (bicyclic) bond motifs is 1. The molecule has 0 radical (unpaired) electrons. The number of aliphatic imine (C=N–C) groups is 1. The molecule has 1 N–H and O–H groups in total. The lowest BCUT2D eigenvalue weighted by Gasteiger charge is -2.29. The van der Waals surface area contributed by atoms with E-state index in [1.807, 2.05) is 4.90 Å². The molecule has 174 valence electrons. The van der Waals surface area contributed by atoms with Crippen molar-refractivity contribution in [1.29, 1.82) is 0 Å². The van der Waals surface area contributed by atoms with Gasteiger partial charge in [0.05, 0.1) is 0 Å². The van der Waals surface area contributed by atoms with Gasteiger partial charge in [0.25, 0.3) is 0 Å². The molecule has 0 bridgehead atoms. The third-order valence-corrected chi connectivity index (χ3v) is 6.20. The molecule has 3 rings (SSSR count). The summed E-state index contributed by atoms with van der Waals surface area (Å²) in [5, 5.41) is 3.39. The van der Waals surface area contributed by atoms with Crippen LogP contribution in [-0.2, 0) is 22.5 Å². The molecular weight excluding hydrogens is 503 g/mol. The van der Waals surface area contributed by atoms with E-state index in [2.05, 4.69) is 48.5 Å². The highest BCUT2D eigenvalue weighted by atomic mass is 127. The number of ether oxygens (including phenoxy) is 1. The number of hydrogen-bond acceptors (Lipinski definition) is 3. The number of carbonyl (C=O) groups excluding carboxylic acids is 1. The van der Waals surface area contributed by atoms with Gasteiger partial charge in [-0.1, -0.05) is 24.3 Å². The Hall–Kier alpha value is -1.35. The molecule has 2 aliphatic heterocycles. The quantitative estimate of drug-likeness (QED) is 0.236. The molecule has 0 atom stereocenters. The van der Waals surface area contributed by atoms with Crippen molar-refractivity contribution in [2.75, 3.05) is 46.4 Å². The van der Waals surface area contributed by atoms with Crippen molar-refractivity contribution < 1.29 is 9.53 Å². The molecule has 2 heterocycles. The highest BCUT2D eigenvalue weighted by Crippen LogP contribution is 2.20. The summed E-state index contributed by atoms with van der Waals surface area (Å²) >= 11 is 0. The molecule has 0 spiro atoms. The summed E-state index contributed by atoms with van der Waals surface area (Å²) in [6.45, 7) is 8.01. The maximum atomic E-state index is 12.6. The number of rotatable bonds is 8. The van der Waals surface area contributed by atoms with E-state index in [-0.39, 0.29) is 29.9 Å². The van der Waals surface area contributed by atoms with E-state index in [0.29, 0.717) is 13.0 Å². The number of benzene rings is 1. The number of hydrogen-bond donors (Lipinski definition) is 1. The van der Waals surface area contributed by atoms with Crippen molar-refractivity contribution in [2.24, 2.45) is 10.9 Å². The molecule has 6 nitrogen and oxygen atoms in total. The summed E-state index contributed by atoms with van der Waals surface area (Å²) in [7, 11) is 2.11. The van der Waals surface area contributed by atoms with Gasteiger partial charge in [-0.25, -0.2) is 0 Å². The van der Waals surface area contributed by atoms with Crippen LogP contribution in [0.15, 0.2) is 29.3 Å². The number of guanidine groups is 1. The van der Waals surface area contributed by atoms with Crippen LogP contribution >= 0.6 is 24.0 Å². The molecule has 0 unspecified atom stereocenters. The van der Waals surface area contributed by atoms with Crippen LogP contribution in [0.2, 0.25) is 0 Å². The van der Waals surface area contributed by atoms with Gasteiger partial charge >= 0.3 is 0 Å². The Labute approximate surface area is 204 Å². The van der Waals surface area contributed by atoms with Crippen LogP contribution in [0.3, 0.4) is 0 Å². The molecule has 7 heteroatoms. The number of halogens is 1. The first-order valence-corrected chi connectivity index (χ1v) is 11.6. The van der Waals surface area contributed by atoms with E-state index >= 15 is 0 Å². The van der Waals surface area contributed by atoms with E-state index in [4.69, 9.17) is 9.73 Å². The molecule has 0 aromatic heterocycles. The molecule has 1 fully saturated rings. The first-order chi connectivity index (χ1) is 14.7. The monoisotopic (exact) mass is 542 g/mol. The first-order valence-electron chi connectivity index (χ1n) is 11.6. The molecule has 0 aliphatic carbocycles. The lowest BCUT2D eigenvalue weighted by molar-refractivity contribution is -0.132. The topological polar surface area (TPSA) is 57.2 Å². The van der Waals surface area contributed by atoms with Gasteiger partial charge in [0.2, 0.25) is 5.91 Å². The lowest BCUT2D eigenvalue weighted by atomic mass is 9.96. The summed E-state index contributed by atoms with van der Waals surface area (Å²) in [6, 6.07) is 8.45. The van der Waals surface area contributed by atoms with Crippen LogP contribution in [0.4, 0.5) is 0 Å². The zero-order chi connectivity index (χ0) is 21.2. The molecular formula is C24H39IN4O2. The van der Waals surface area contributed by atoms with E-state index < -0.39 is 0 Å². The lowest BCUT2D eigenvalue weighted by Crippen LogP contribution is -2.40. The minimum atomic E-state index is 0. The number of carbonyl (C=O) groups is 1. The first kappa shape index (κ1) is 25.9. The minimum Gasteiger partial charge on any atom is -0.381 e. The number of nitrogens with one attached hydrogen (secondary N) is 1. The Kier molecular flexibility index (Phi) is 11.6. The minimum absolute atomic E-state index is 0. The standard InChI is InChI=1S/C24H38N4O2.HI/c1-3-25-24(27(2)15-10-20-12-17-30-18-13-20)26-14-6-9-23(29)28-16-11-21-7-4-5-8-22(21)19-28;/h4-5,7-8,20H,3,6,9-19H2,1-2H3,(H,25,26);1H. The Morgan fingerprint density at radius 3 is 2.74 bits per heavy atom. The maximum absolute atomic E-state index is 12.6. The van der Waals surface area contributed by atoms with Gasteiger partial charge in [0.1, 0.15) is 0 Å². The zero-order valence-electron chi connectivity index (χ0n) is 19.1. The largest absolute Gasteiger partial charge is 0.381 e. The van der Waals surface area contributed by atoms with Crippen LogP contribution in [-0.4, -0.2) is 68.1 Å². The molecule has 1 aromatic carbocycles. The van der Waals surface area contributed by atoms with Gasteiger partial charge in [-0.05, 0) is 56.1 Å². The van der Waals surface area contributed by atoms with E-state index in [9.17, 15) is 4.79 Å². The summed E-state index contributed by atoms with van der Waals surface area (Å²) in [5.74, 6) is 1.96. The fourth-order valence-corrected chi connectivity index (χ4v) is 4.27. The van der Waals surface area contributed by atoms with Crippen molar-refractivity contribution >= 4 is 35.8 Å². The fourth-order valence-electron chi connectivity index (χ4n) is 4.27. The normalized spacial score (nSPS) is 17.0. The second-order valence-electron chi connectivity index (χ2n) is 8.44. The van der Waals surface area contributed by atoms with Crippen LogP contribution in [0, 0.1) is 5.92 Å². The Bertz CT molecular complexity index is 707. The van der Waals surface area contributed by atoms with E-state index in [0.717, 1.165) is 64.1 Å². The maximum Gasteiger partial charge on any atom is 0.222 e. The second kappa shape index (κ2) is 13.9. The average molecular weight is 543 g/mol. The van der Waals surface area contributed by atoms with Crippen molar-refractivity contribution in [3.8, 4) is 0 Å².